The highest BCUT2D eigenvalue weighted by molar-refractivity contribution is 6.30. The van der Waals surface area contributed by atoms with E-state index in [1.54, 1.807) is 0 Å². The zero-order valence-corrected chi connectivity index (χ0v) is 11.2. The standard InChI is InChI=1S/C13H20ClNO2/c1-13(2,15)10-16-8-3-9-17-12-6-4-11(14)5-7-12/h4-7H,3,8-10,15H2,1-2H3. The molecule has 3 nitrogen and oxygen atoms in total. The Balaban J connectivity index is 2.07. The monoisotopic (exact) mass is 257 g/mol. The Morgan fingerprint density at radius 3 is 2.41 bits per heavy atom. The van der Waals surface area contributed by atoms with Crippen LogP contribution in [0.4, 0.5) is 0 Å². The number of rotatable bonds is 7. The molecule has 0 heterocycles. The number of nitrogens with two attached hydrogens (primary N) is 1. The molecule has 0 amide bonds. The first-order valence-corrected chi connectivity index (χ1v) is 6.10. The summed E-state index contributed by atoms with van der Waals surface area (Å²) in [5.41, 5.74) is 5.52. The number of hydrogen-bond donors (Lipinski definition) is 1. The van der Waals surface area contributed by atoms with E-state index >= 15 is 0 Å². The highest BCUT2D eigenvalue weighted by Crippen LogP contribution is 2.15. The molecule has 96 valence electrons. The lowest BCUT2D eigenvalue weighted by atomic mass is 10.1. The van der Waals surface area contributed by atoms with Crippen LogP contribution in [0.1, 0.15) is 20.3 Å². The van der Waals surface area contributed by atoms with Crippen molar-refractivity contribution >= 4 is 11.6 Å². The van der Waals surface area contributed by atoms with E-state index in [1.807, 2.05) is 38.1 Å². The van der Waals surface area contributed by atoms with Crippen molar-refractivity contribution < 1.29 is 9.47 Å². The molecule has 0 aliphatic heterocycles. The van der Waals surface area contributed by atoms with Crippen molar-refractivity contribution in [1.82, 2.24) is 0 Å². The van der Waals surface area contributed by atoms with Gasteiger partial charge in [-0.15, -0.1) is 0 Å². The fourth-order valence-corrected chi connectivity index (χ4v) is 1.34. The molecule has 2 N–H and O–H groups in total. The van der Waals surface area contributed by atoms with Crippen molar-refractivity contribution in [2.24, 2.45) is 5.73 Å². The van der Waals surface area contributed by atoms with Gasteiger partial charge in [-0.3, -0.25) is 0 Å². The van der Waals surface area contributed by atoms with E-state index in [2.05, 4.69) is 0 Å². The topological polar surface area (TPSA) is 44.5 Å². The van der Waals surface area contributed by atoms with E-state index in [9.17, 15) is 0 Å². The van der Waals surface area contributed by atoms with E-state index < -0.39 is 0 Å². The molecule has 0 unspecified atom stereocenters. The third-order valence-electron chi connectivity index (χ3n) is 1.99. The van der Waals surface area contributed by atoms with Crippen LogP contribution in [0.2, 0.25) is 5.02 Å². The maximum atomic E-state index is 5.79. The molecule has 1 aromatic rings. The Morgan fingerprint density at radius 1 is 1.18 bits per heavy atom. The zero-order valence-electron chi connectivity index (χ0n) is 10.4. The third kappa shape index (κ3) is 7.21. The van der Waals surface area contributed by atoms with E-state index in [-0.39, 0.29) is 5.54 Å². The number of benzene rings is 1. The van der Waals surface area contributed by atoms with Crippen molar-refractivity contribution in [3.8, 4) is 5.75 Å². The fourth-order valence-electron chi connectivity index (χ4n) is 1.22. The van der Waals surface area contributed by atoms with Crippen molar-refractivity contribution in [3.63, 3.8) is 0 Å². The summed E-state index contributed by atoms with van der Waals surface area (Å²) in [4.78, 5) is 0. The van der Waals surface area contributed by atoms with Gasteiger partial charge in [0.15, 0.2) is 0 Å². The van der Waals surface area contributed by atoms with Crippen LogP contribution in [0, 0.1) is 0 Å². The summed E-state index contributed by atoms with van der Waals surface area (Å²) < 4.78 is 11.0. The van der Waals surface area contributed by atoms with Crippen LogP contribution in [0.5, 0.6) is 5.75 Å². The molecule has 0 aliphatic rings. The second kappa shape index (κ2) is 6.84. The van der Waals surface area contributed by atoms with Gasteiger partial charge in [-0.1, -0.05) is 11.6 Å². The highest BCUT2D eigenvalue weighted by atomic mass is 35.5. The Hall–Kier alpha value is -0.770. The van der Waals surface area contributed by atoms with Crippen LogP contribution in [-0.4, -0.2) is 25.4 Å². The molecule has 0 aliphatic carbocycles. The van der Waals surface area contributed by atoms with Gasteiger partial charge in [0.1, 0.15) is 5.75 Å². The molecule has 0 atom stereocenters. The average molecular weight is 258 g/mol. The second-order valence-electron chi connectivity index (χ2n) is 4.70. The predicted molar refractivity (Wildman–Crippen MR) is 70.6 cm³/mol. The molecule has 0 fully saturated rings. The first-order chi connectivity index (χ1) is 7.97. The Kier molecular flexibility index (Phi) is 5.75. The molecule has 0 radical (unpaired) electrons. The van der Waals surface area contributed by atoms with Gasteiger partial charge in [-0.25, -0.2) is 0 Å². The molecular formula is C13H20ClNO2. The minimum absolute atomic E-state index is 0.267. The summed E-state index contributed by atoms with van der Waals surface area (Å²) in [5, 5.41) is 0.714. The summed E-state index contributed by atoms with van der Waals surface area (Å²) in [6, 6.07) is 7.33. The molecule has 0 bridgehead atoms. The molecule has 1 aromatic carbocycles. The molecule has 0 saturated carbocycles. The second-order valence-corrected chi connectivity index (χ2v) is 5.13. The van der Waals surface area contributed by atoms with Crippen LogP contribution in [0.3, 0.4) is 0 Å². The van der Waals surface area contributed by atoms with Gasteiger partial charge in [0, 0.05) is 23.6 Å². The SMILES string of the molecule is CC(C)(N)COCCCOc1ccc(Cl)cc1. The van der Waals surface area contributed by atoms with E-state index in [0.717, 1.165) is 12.2 Å². The molecule has 0 saturated heterocycles. The largest absolute Gasteiger partial charge is 0.494 e. The minimum atomic E-state index is -0.267. The van der Waals surface area contributed by atoms with Gasteiger partial charge < -0.3 is 15.2 Å². The third-order valence-corrected chi connectivity index (χ3v) is 2.24. The van der Waals surface area contributed by atoms with Crippen LogP contribution in [0.25, 0.3) is 0 Å². The normalized spacial score (nSPS) is 11.5. The molecular weight excluding hydrogens is 238 g/mol. The van der Waals surface area contributed by atoms with Gasteiger partial charge in [-0.2, -0.15) is 0 Å². The molecule has 4 heteroatoms. The minimum Gasteiger partial charge on any atom is -0.494 e. The summed E-state index contributed by atoms with van der Waals surface area (Å²) in [6.07, 6.45) is 0.846. The number of ether oxygens (including phenoxy) is 2. The summed E-state index contributed by atoms with van der Waals surface area (Å²) in [6.45, 7) is 5.74. The lowest BCUT2D eigenvalue weighted by Gasteiger charge is -2.18. The van der Waals surface area contributed by atoms with Crippen LogP contribution in [0.15, 0.2) is 24.3 Å². The summed E-state index contributed by atoms with van der Waals surface area (Å²) >= 11 is 5.77. The first-order valence-electron chi connectivity index (χ1n) is 5.72. The van der Waals surface area contributed by atoms with Crippen molar-refractivity contribution in [2.75, 3.05) is 19.8 Å². The molecule has 0 aromatic heterocycles. The van der Waals surface area contributed by atoms with Crippen LogP contribution in [-0.2, 0) is 4.74 Å². The average Bonchev–Trinajstić information content (AvgIpc) is 2.24. The number of hydrogen-bond acceptors (Lipinski definition) is 3. The first kappa shape index (κ1) is 14.3. The molecule has 1 rings (SSSR count). The smallest absolute Gasteiger partial charge is 0.119 e. The Bertz CT molecular complexity index is 319. The predicted octanol–water partition coefficient (Wildman–Crippen LogP) is 2.86. The fraction of sp³-hybridized carbons (Fsp3) is 0.538. The lowest BCUT2D eigenvalue weighted by molar-refractivity contribution is 0.0870. The van der Waals surface area contributed by atoms with Gasteiger partial charge in [0.05, 0.1) is 13.2 Å². The number of halogens is 1. The molecule has 0 spiro atoms. The van der Waals surface area contributed by atoms with Gasteiger partial charge in [-0.05, 0) is 38.1 Å². The van der Waals surface area contributed by atoms with E-state index in [1.165, 1.54) is 0 Å². The quantitative estimate of drug-likeness (QED) is 0.764. The van der Waals surface area contributed by atoms with E-state index in [0.29, 0.717) is 24.8 Å². The highest BCUT2D eigenvalue weighted by Gasteiger charge is 2.09. The maximum absolute atomic E-state index is 5.79. The zero-order chi connectivity index (χ0) is 12.7. The van der Waals surface area contributed by atoms with Gasteiger partial charge in [0.2, 0.25) is 0 Å². The lowest BCUT2D eigenvalue weighted by Crippen LogP contribution is -2.37. The molecule has 17 heavy (non-hydrogen) atoms. The van der Waals surface area contributed by atoms with Crippen LogP contribution < -0.4 is 10.5 Å². The maximum Gasteiger partial charge on any atom is 0.119 e. The Morgan fingerprint density at radius 2 is 1.82 bits per heavy atom. The van der Waals surface area contributed by atoms with Crippen LogP contribution >= 0.6 is 11.6 Å². The van der Waals surface area contributed by atoms with Gasteiger partial charge >= 0.3 is 0 Å². The van der Waals surface area contributed by atoms with E-state index in [4.69, 9.17) is 26.8 Å². The van der Waals surface area contributed by atoms with Crippen molar-refractivity contribution in [2.45, 2.75) is 25.8 Å². The Labute approximate surface area is 108 Å². The van der Waals surface area contributed by atoms with Crippen molar-refractivity contribution in [1.29, 1.82) is 0 Å². The summed E-state index contributed by atoms with van der Waals surface area (Å²) in [5.74, 6) is 0.827. The van der Waals surface area contributed by atoms with Gasteiger partial charge in [0.25, 0.3) is 0 Å². The van der Waals surface area contributed by atoms with Crippen molar-refractivity contribution in [3.05, 3.63) is 29.3 Å². The summed E-state index contributed by atoms with van der Waals surface area (Å²) in [7, 11) is 0.